The first kappa shape index (κ1) is 15.9. The monoisotopic (exact) mass is 176 g/mol. The predicted octanol–water partition coefficient (Wildman–Crippen LogP) is -3.07. The van der Waals surface area contributed by atoms with Gasteiger partial charge in [-0.3, -0.25) is 13.6 Å². The molecule has 0 aromatic heterocycles. The van der Waals surface area contributed by atoms with Crippen molar-refractivity contribution < 1.29 is 32.8 Å². The molecule has 9 heavy (non-hydrogen) atoms. The third-order valence-corrected chi connectivity index (χ3v) is 0. The Bertz CT molecular complexity index is 71.5. The van der Waals surface area contributed by atoms with E-state index in [1.54, 1.807) is 0 Å². The lowest BCUT2D eigenvalue weighted by atomic mass is 15.7. The fraction of sp³-hybridized carbons (Fsp3) is 0. The molecule has 0 aromatic rings. The summed E-state index contributed by atoms with van der Waals surface area (Å²) >= 11 is 0. The van der Waals surface area contributed by atoms with E-state index in [1.165, 1.54) is 0 Å². The zero-order valence-corrected chi connectivity index (χ0v) is 6.01. The van der Waals surface area contributed by atoms with Crippen LogP contribution in [0.3, 0.4) is 0 Å². The summed E-state index contributed by atoms with van der Waals surface area (Å²) in [7, 11) is -6.03. The summed E-state index contributed by atoms with van der Waals surface area (Å²) < 4.78 is 16.8. The quantitative estimate of drug-likeness (QED) is 0.291. The normalized spacial score (nSPS) is 7.56. The van der Waals surface area contributed by atoms with Crippen molar-refractivity contribution in [1.82, 2.24) is 0 Å². The second-order valence-corrected chi connectivity index (χ2v) is 2.05. The molecule has 0 aliphatic heterocycles. The Labute approximate surface area is 52.2 Å². The maximum Gasteiger partial charge on any atom is 0.668 e. The molecule has 0 aromatic carbocycles. The van der Waals surface area contributed by atoms with E-state index in [4.69, 9.17) is 28.1 Å². The van der Waals surface area contributed by atoms with E-state index in [0.29, 0.717) is 0 Å². The molecular formula is H5FO6Si2. The van der Waals surface area contributed by atoms with Gasteiger partial charge in [-0.15, -0.1) is 0 Å². The third kappa shape index (κ3) is 6830. The minimum atomic E-state index is -4.61. The van der Waals surface area contributed by atoms with Crippen molar-refractivity contribution in [2.24, 2.45) is 0 Å². The van der Waals surface area contributed by atoms with E-state index < -0.39 is 18.3 Å². The van der Waals surface area contributed by atoms with E-state index in [0.717, 1.165) is 0 Å². The molecule has 0 fully saturated rings. The molecule has 0 saturated carbocycles. The van der Waals surface area contributed by atoms with Crippen LogP contribution in [-0.2, 0) is 8.92 Å². The third-order valence-electron chi connectivity index (χ3n) is 0. The Morgan fingerprint density at radius 3 is 1.00 bits per heavy atom. The highest BCUT2D eigenvalue weighted by atomic mass is 28.4. The largest absolute Gasteiger partial charge is 0.668 e. The highest BCUT2D eigenvalue weighted by molar-refractivity contribution is 6.46. The predicted molar refractivity (Wildman–Crippen MR) is 24.3 cm³/mol. The summed E-state index contributed by atoms with van der Waals surface area (Å²) in [6.07, 6.45) is 0. The van der Waals surface area contributed by atoms with Crippen LogP contribution in [0.15, 0.2) is 0 Å². The lowest BCUT2D eigenvalue weighted by molar-refractivity contribution is 0.117. The standard InChI is InChI=1S/FH.H4O4Si.O2Si/c;1-5(2,3)4;1-3-2/h1H;1-4H;. The molecular weight excluding hydrogens is 171 g/mol. The van der Waals surface area contributed by atoms with Crippen molar-refractivity contribution in [2.45, 2.75) is 0 Å². The van der Waals surface area contributed by atoms with Crippen molar-refractivity contribution in [3.8, 4) is 0 Å². The lowest BCUT2D eigenvalue weighted by Gasteiger charge is -1.91. The van der Waals surface area contributed by atoms with Gasteiger partial charge < -0.3 is 19.2 Å². The molecule has 9 heteroatoms. The van der Waals surface area contributed by atoms with Gasteiger partial charge in [0.2, 0.25) is 0 Å². The van der Waals surface area contributed by atoms with Gasteiger partial charge in [-0.2, -0.15) is 0 Å². The average Bonchev–Trinajstić information content (AvgIpc) is 1.27. The molecule has 0 spiro atoms. The smallest absolute Gasteiger partial charge is 0.368 e. The molecule has 0 radical (unpaired) electrons. The van der Waals surface area contributed by atoms with Gasteiger partial charge in [-0.25, -0.2) is 0 Å². The first-order valence-corrected chi connectivity index (χ1v) is 3.91. The van der Waals surface area contributed by atoms with E-state index >= 15 is 0 Å². The molecule has 0 rings (SSSR count). The highest BCUT2D eigenvalue weighted by Crippen LogP contribution is 1.67. The molecule has 0 aliphatic carbocycles. The van der Waals surface area contributed by atoms with Crippen LogP contribution in [0.1, 0.15) is 0 Å². The van der Waals surface area contributed by atoms with Crippen molar-refractivity contribution in [2.75, 3.05) is 0 Å². The molecule has 0 amide bonds. The second kappa shape index (κ2) is 7.80. The second-order valence-electron chi connectivity index (χ2n) is 0.683. The van der Waals surface area contributed by atoms with Gasteiger partial charge in [-0.1, -0.05) is 0 Å². The molecule has 6 nitrogen and oxygen atoms in total. The molecule has 0 aliphatic rings. The van der Waals surface area contributed by atoms with Gasteiger partial charge in [-0.05, 0) is 0 Å². The van der Waals surface area contributed by atoms with E-state index in [9.17, 15) is 0 Å². The van der Waals surface area contributed by atoms with Crippen molar-refractivity contribution >= 4 is 18.3 Å². The molecule has 0 bridgehead atoms. The lowest BCUT2D eigenvalue weighted by Crippen LogP contribution is -2.33. The van der Waals surface area contributed by atoms with E-state index in [1.807, 2.05) is 0 Å². The number of hydrogen-bond donors (Lipinski definition) is 4. The molecule has 0 atom stereocenters. The van der Waals surface area contributed by atoms with Crippen LogP contribution < -0.4 is 0 Å². The maximum atomic E-state index is 8.40. The van der Waals surface area contributed by atoms with Gasteiger partial charge >= 0.3 is 18.3 Å². The Kier molecular flexibility index (Phi) is 13.8. The summed E-state index contributed by atoms with van der Waals surface area (Å²) in [5.74, 6) is 0. The summed E-state index contributed by atoms with van der Waals surface area (Å²) in [5.41, 5.74) is 0. The van der Waals surface area contributed by atoms with Gasteiger partial charge in [0.05, 0.1) is 0 Å². The van der Waals surface area contributed by atoms with Crippen LogP contribution >= 0.6 is 0 Å². The Balaban J connectivity index is -0.0000000800. The zero-order chi connectivity index (χ0) is 7.21. The first-order valence-electron chi connectivity index (χ1n) is 1.30. The Hall–Kier alpha value is -0.196. The first-order chi connectivity index (χ1) is 3.41. The SMILES string of the molecule is F.O=[Si]=O.O[Si](O)(O)O. The van der Waals surface area contributed by atoms with Crippen molar-refractivity contribution in [1.29, 1.82) is 0 Å². The van der Waals surface area contributed by atoms with Crippen LogP contribution in [0.4, 0.5) is 4.70 Å². The Morgan fingerprint density at radius 2 is 1.00 bits per heavy atom. The molecule has 56 valence electrons. The Morgan fingerprint density at radius 1 is 1.00 bits per heavy atom. The topological polar surface area (TPSA) is 115 Å². The van der Waals surface area contributed by atoms with E-state index in [2.05, 4.69) is 0 Å². The van der Waals surface area contributed by atoms with Crippen LogP contribution in [0.2, 0.25) is 0 Å². The summed E-state index contributed by atoms with van der Waals surface area (Å²) in [4.78, 5) is 29.3. The van der Waals surface area contributed by atoms with E-state index in [-0.39, 0.29) is 4.70 Å². The molecule has 0 unspecified atom stereocenters. The minimum Gasteiger partial charge on any atom is -0.368 e. The van der Waals surface area contributed by atoms with Gasteiger partial charge in [0.15, 0.2) is 0 Å². The maximum absolute atomic E-state index is 8.40. The van der Waals surface area contributed by atoms with Crippen LogP contribution in [-0.4, -0.2) is 37.5 Å². The molecule has 0 heterocycles. The molecule has 4 N–H and O–H groups in total. The fourth-order valence-electron chi connectivity index (χ4n) is 0. The fourth-order valence-corrected chi connectivity index (χ4v) is 0. The zero-order valence-electron chi connectivity index (χ0n) is 4.01. The van der Waals surface area contributed by atoms with Crippen molar-refractivity contribution in [3.05, 3.63) is 0 Å². The van der Waals surface area contributed by atoms with Crippen LogP contribution in [0.25, 0.3) is 0 Å². The number of hydrogen-bond acceptors (Lipinski definition) is 6. The number of halogens is 1. The van der Waals surface area contributed by atoms with Gasteiger partial charge in [0.25, 0.3) is 0 Å². The van der Waals surface area contributed by atoms with Crippen LogP contribution in [0, 0.1) is 0 Å². The summed E-state index contributed by atoms with van der Waals surface area (Å²) in [6, 6.07) is 0. The van der Waals surface area contributed by atoms with Gasteiger partial charge in [0.1, 0.15) is 0 Å². The minimum absolute atomic E-state index is 0. The van der Waals surface area contributed by atoms with Gasteiger partial charge in [0, 0.05) is 0 Å². The number of rotatable bonds is 0. The highest BCUT2D eigenvalue weighted by Gasteiger charge is 2.22. The van der Waals surface area contributed by atoms with Crippen molar-refractivity contribution in [3.63, 3.8) is 0 Å². The average molecular weight is 176 g/mol. The van der Waals surface area contributed by atoms with Crippen LogP contribution in [0.5, 0.6) is 0 Å². The summed E-state index contributed by atoms with van der Waals surface area (Å²) in [5, 5.41) is 0. The summed E-state index contributed by atoms with van der Waals surface area (Å²) in [6.45, 7) is 0. The molecule has 0 saturated heterocycles.